The Labute approximate surface area is 234 Å². The molecule has 0 amide bonds. The van der Waals surface area contributed by atoms with Crippen LogP contribution in [0.25, 0.3) is 70.9 Å². The number of aryl methyl sites for hydroxylation is 2. The average Bonchev–Trinajstić information content (AvgIpc) is 3.29. The van der Waals surface area contributed by atoms with Crippen LogP contribution in [0.5, 0.6) is 0 Å². The second kappa shape index (κ2) is 8.05. The fraction of sp³-hybridized carbons (Fsp3) is 0.184. The zero-order chi connectivity index (χ0) is 27.3. The van der Waals surface area contributed by atoms with E-state index in [4.69, 9.17) is 0 Å². The molecule has 0 bridgehead atoms. The lowest BCUT2D eigenvalue weighted by Crippen LogP contribution is -2.28. The topological polar surface area (TPSA) is 8.29 Å². The van der Waals surface area contributed by atoms with Gasteiger partial charge in [0.2, 0.25) is 5.52 Å². The third-order valence-electron chi connectivity index (χ3n) is 8.79. The van der Waals surface area contributed by atoms with Crippen molar-refractivity contribution in [3.05, 3.63) is 108 Å². The Morgan fingerprint density at radius 2 is 1.48 bits per heavy atom. The summed E-state index contributed by atoms with van der Waals surface area (Å²) >= 11 is 0. The number of pyridine rings is 2. The summed E-state index contributed by atoms with van der Waals surface area (Å²) in [5, 5.41) is 9.26. The lowest BCUT2D eigenvalue weighted by atomic mass is 9.86. The molecule has 0 saturated heterocycles. The number of para-hydroxylation sites is 1. The van der Waals surface area contributed by atoms with Crippen molar-refractivity contribution in [2.45, 2.75) is 34.1 Å². The number of nitrogens with zero attached hydrogens (tertiary/aromatic N) is 2. The highest BCUT2D eigenvalue weighted by atomic mass is 15.0. The fourth-order valence-corrected chi connectivity index (χ4v) is 7.19. The molecule has 0 N–H and O–H groups in total. The van der Waals surface area contributed by atoms with E-state index < -0.39 is 0 Å². The Morgan fingerprint density at radius 3 is 2.27 bits per heavy atom. The van der Waals surface area contributed by atoms with Crippen molar-refractivity contribution in [1.29, 1.82) is 0 Å². The van der Waals surface area contributed by atoms with Gasteiger partial charge >= 0.3 is 0 Å². The summed E-state index contributed by atoms with van der Waals surface area (Å²) in [5.74, 6) is 0. The van der Waals surface area contributed by atoms with Gasteiger partial charge in [0, 0.05) is 22.4 Å². The summed E-state index contributed by atoms with van der Waals surface area (Å²) in [7, 11) is 2.20. The highest BCUT2D eigenvalue weighted by Crippen LogP contribution is 2.44. The molecule has 5 aromatic carbocycles. The maximum Gasteiger partial charge on any atom is 0.224 e. The van der Waals surface area contributed by atoms with Crippen LogP contribution in [0, 0.1) is 12.3 Å². The van der Waals surface area contributed by atoms with E-state index in [1.807, 2.05) is 0 Å². The van der Waals surface area contributed by atoms with Crippen LogP contribution in [0.4, 0.5) is 0 Å². The molecule has 8 rings (SSSR count). The molecule has 0 unspecified atom stereocenters. The van der Waals surface area contributed by atoms with Crippen LogP contribution in [0.1, 0.15) is 31.9 Å². The SMILES string of the molecule is Cc1c2cc(CC(C)(C)C)ccc2cc2c1c1c3c(ccc4c5cccc(-c6ccccc6)c5n2c43)cc[n+]1C. The number of benzene rings is 5. The molecule has 3 aromatic heterocycles. The molecule has 194 valence electrons. The Hall–Kier alpha value is -4.43. The predicted octanol–water partition coefficient (Wildman–Crippen LogP) is 9.53. The molecule has 2 nitrogen and oxygen atoms in total. The predicted molar refractivity (Wildman–Crippen MR) is 171 cm³/mol. The van der Waals surface area contributed by atoms with Crippen molar-refractivity contribution in [3.8, 4) is 11.1 Å². The molecule has 0 radical (unpaired) electrons. The first kappa shape index (κ1) is 23.5. The molecule has 0 saturated carbocycles. The second-order valence-corrected chi connectivity index (χ2v) is 12.8. The third kappa shape index (κ3) is 3.20. The molecule has 0 atom stereocenters. The first-order chi connectivity index (χ1) is 19.3. The minimum absolute atomic E-state index is 0.246. The van der Waals surface area contributed by atoms with Crippen molar-refractivity contribution in [1.82, 2.24) is 4.40 Å². The molecular formula is C38H33N2+. The smallest absolute Gasteiger partial charge is 0.224 e. The van der Waals surface area contributed by atoms with E-state index in [0.29, 0.717) is 0 Å². The maximum atomic E-state index is 2.58. The molecule has 40 heavy (non-hydrogen) atoms. The van der Waals surface area contributed by atoms with E-state index in [-0.39, 0.29) is 5.41 Å². The van der Waals surface area contributed by atoms with Crippen LogP contribution in [-0.4, -0.2) is 4.40 Å². The largest absolute Gasteiger partial charge is 0.307 e. The molecular weight excluding hydrogens is 484 g/mol. The summed E-state index contributed by atoms with van der Waals surface area (Å²) < 4.78 is 4.91. The van der Waals surface area contributed by atoms with E-state index in [1.165, 1.54) is 82.0 Å². The maximum absolute atomic E-state index is 2.58. The van der Waals surface area contributed by atoms with Crippen LogP contribution in [0.2, 0.25) is 0 Å². The normalized spacial score (nSPS) is 12.7. The van der Waals surface area contributed by atoms with Crippen molar-refractivity contribution in [2.75, 3.05) is 0 Å². The molecule has 0 aliphatic carbocycles. The number of aromatic nitrogens is 2. The number of hydrogen-bond acceptors (Lipinski definition) is 0. The molecule has 2 heteroatoms. The van der Waals surface area contributed by atoms with Crippen molar-refractivity contribution < 1.29 is 4.57 Å². The molecule has 3 heterocycles. The third-order valence-corrected chi connectivity index (χ3v) is 8.79. The highest BCUT2D eigenvalue weighted by Gasteiger charge is 2.26. The van der Waals surface area contributed by atoms with Crippen LogP contribution in [0.3, 0.4) is 0 Å². The van der Waals surface area contributed by atoms with Gasteiger partial charge in [-0.2, -0.15) is 0 Å². The number of fused-ring (bicyclic) bond motifs is 7. The average molecular weight is 518 g/mol. The Bertz CT molecular complexity index is 2280. The summed E-state index contributed by atoms with van der Waals surface area (Å²) in [6, 6.07) is 34.1. The van der Waals surface area contributed by atoms with Crippen molar-refractivity contribution in [2.24, 2.45) is 12.5 Å². The molecule has 8 aromatic rings. The molecule has 0 spiro atoms. The first-order valence-electron chi connectivity index (χ1n) is 14.3. The second-order valence-electron chi connectivity index (χ2n) is 12.8. The lowest BCUT2D eigenvalue weighted by molar-refractivity contribution is -0.643. The summed E-state index contributed by atoms with van der Waals surface area (Å²) in [6.45, 7) is 9.29. The van der Waals surface area contributed by atoms with Crippen LogP contribution < -0.4 is 4.57 Å². The van der Waals surface area contributed by atoms with E-state index in [9.17, 15) is 0 Å². The van der Waals surface area contributed by atoms with Gasteiger partial charge in [-0.05, 0) is 57.7 Å². The summed E-state index contributed by atoms with van der Waals surface area (Å²) in [4.78, 5) is 0. The minimum Gasteiger partial charge on any atom is -0.307 e. The number of rotatable bonds is 2. The first-order valence-corrected chi connectivity index (χ1v) is 14.3. The zero-order valence-electron chi connectivity index (χ0n) is 23.8. The Balaban J connectivity index is 1.65. The van der Waals surface area contributed by atoms with Gasteiger partial charge in [-0.15, -0.1) is 0 Å². The standard InChI is InChI=1S/C38H33N2/c1-23-31-20-24(22-38(2,3)4)14-15-27(31)21-32-33(23)37-34-26(18-19-39(37)5)16-17-30-29-13-9-12-28(25-10-7-6-8-11-25)35(29)40(32)36(30)34/h6-21H,22H2,1-5H3/q+1. The lowest BCUT2D eigenvalue weighted by Gasteiger charge is -2.19. The Kier molecular flexibility index (Phi) is 4.72. The Morgan fingerprint density at radius 1 is 0.700 bits per heavy atom. The molecule has 0 aliphatic heterocycles. The minimum atomic E-state index is 0.246. The van der Waals surface area contributed by atoms with Crippen LogP contribution in [0.15, 0.2) is 97.2 Å². The fourth-order valence-electron chi connectivity index (χ4n) is 7.19. The van der Waals surface area contributed by atoms with Crippen molar-refractivity contribution >= 4 is 59.8 Å². The van der Waals surface area contributed by atoms with Gasteiger partial charge in [0.1, 0.15) is 7.05 Å². The summed E-state index contributed by atoms with van der Waals surface area (Å²) in [6.07, 6.45) is 3.29. The summed E-state index contributed by atoms with van der Waals surface area (Å²) in [5.41, 5.74) is 10.7. The van der Waals surface area contributed by atoms with Crippen molar-refractivity contribution in [3.63, 3.8) is 0 Å². The van der Waals surface area contributed by atoms with Gasteiger partial charge in [0.15, 0.2) is 6.20 Å². The van der Waals surface area contributed by atoms with Gasteiger partial charge in [0.05, 0.1) is 27.3 Å². The van der Waals surface area contributed by atoms with Gasteiger partial charge < -0.3 is 4.40 Å². The molecule has 0 aliphatic rings. The molecule has 0 fully saturated rings. The van der Waals surface area contributed by atoms with E-state index in [1.54, 1.807) is 0 Å². The highest BCUT2D eigenvalue weighted by molar-refractivity contribution is 6.29. The van der Waals surface area contributed by atoms with E-state index >= 15 is 0 Å². The van der Waals surface area contributed by atoms with Gasteiger partial charge in [-0.1, -0.05) is 99.6 Å². The number of hydrogen-bond donors (Lipinski definition) is 0. The van der Waals surface area contributed by atoms with Crippen LogP contribution in [-0.2, 0) is 13.5 Å². The van der Waals surface area contributed by atoms with Gasteiger partial charge in [-0.3, -0.25) is 0 Å². The van der Waals surface area contributed by atoms with Crippen LogP contribution >= 0.6 is 0 Å². The van der Waals surface area contributed by atoms with E-state index in [0.717, 1.165) is 6.42 Å². The zero-order valence-corrected chi connectivity index (χ0v) is 23.8. The van der Waals surface area contributed by atoms with Gasteiger partial charge in [-0.25, -0.2) is 4.57 Å². The quantitative estimate of drug-likeness (QED) is 0.123. The van der Waals surface area contributed by atoms with E-state index in [2.05, 4.69) is 141 Å². The van der Waals surface area contributed by atoms with Gasteiger partial charge in [0.25, 0.3) is 0 Å². The monoisotopic (exact) mass is 517 g/mol.